The third-order valence-electron chi connectivity index (χ3n) is 7.59. The van der Waals surface area contributed by atoms with Crippen molar-refractivity contribution in [1.29, 1.82) is 0 Å². The van der Waals surface area contributed by atoms with Gasteiger partial charge in [0.25, 0.3) is 0 Å². The Balaban J connectivity index is 2.20. The van der Waals surface area contributed by atoms with Crippen LogP contribution < -0.4 is 4.74 Å². The van der Waals surface area contributed by atoms with Crippen molar-refractivity contribution in [1.82, 2.24) is 9.80 Å². The molecule has 1 N–H and O–H groups in total. The molecular weight excluding hydrogens is 537 g/mol. The molecule has 0 aliphatic carbocycles. The molecule has 0 bridgehead atoms. The number of carboxylic acid groups (broad SMARTS) is 1. The van der Waals surface area contributed by atoms with E-state index in [2.05, 4.69) is 0 Å². The van der Waals surface area contributed by atoms with Crippen molar-refractivity contribution in [3.8, 4) is 5.75 Å². The number of rotatable bonds is 8. The predicted molar refractivity (Wildman–Crippen MR) is 149 cm³/mol. The standard InChI is InChI=1S/C31H41F3N2O5/c1-18(2)35(19(3)4)29(39)36-25(20-12-10-9-11-13-20)27(24(30(5,6)7)26(36)28(37)38)41-17-21-16-22(31(32,33)34)14-15-23(21)40-8/h9-16,18-19,24-27H,17H2,1-8H3,(H,37,38)/t24-,25+,26+,27+/m0/s1. The van der Waals surface area contributed by atoms with Crippen molar-refractivity contribution in [3.05, 3.63) is 65.2 Å². The molecular formula is C31H41F3N2O5. The van der Waals surface area contributed by atoms with Crippen molar-refractivity contribution >= 4 is 12.0 Å². The average molecular weight is 579 g/mol. The van der Waals surface area contributed by atoms with Crippen molar-refractivity contribution in [3.63, 3.8) is 0 Å². The topological polar surface area (TPSA) is 79.3 Å². The van der Waals surface area contributed by atoms with Gasteiger partial charge in [-0.2, -0.15) is 13.2 Å². The lowest BCUT2D eigenvalue weighted by Crippen LogP contribution is -2.55. The van der Waals surface area contributed by atoms with Crippen molar-refractivity contribution in [2.24, 2.45) is 11.3 Å². The fourth-order valence-corrected chi connectivity index (χ4v) is 5.98. The highest BCUT2D eigenvalue weighted by molar-refractivity contribution is 5.85. The maximum Gasteiger partial charge on any atom is 0.416 e. The van der Waals surface area contributed by atoms with Gasteiger partial charge in [-0.05, 0) is 56.9 Å². The zero-order chi connectivity index (χ0) is 30.9. The number of carbonyl (C=O) groups is 2. The minimum atomic E-state index is -4.57. The maximum atomic E-state index is 14.3. The van der Waals surface area contributed by atoms with E-state index < -0.39 is 53.3 Å². The summed E-state index contributed by atoms with van der Waals surface area (Å²) in [6.07, 6.45) is -5.42. The van der Waals surface area contributed by atoms with E-state index in [1.165, 1.54) is 18.1 Å². The number of amides is 2. The second-order valence-corrected chi connectivity index (χ2v) is 12.1. The Kier molecular flexibility index (Phi) is 9.68. The second kappa shape index (κ2) is 12.3. The van der Waals surface area contributed by atoms with Crippen LogP contribution in [0.15, 0.2) is 48.5 Å². The fourth-order valence-electron chi connectivity index (χ4n) is 5.98. The quantitative estimate of drug-likeness (QED) is 0.365. The van der Waals surface area contributed by atoms with Crippen LogP contribution in [0.1, 0.15) is 71.2 Å². The largest absolute Gasteiger partial charge is 0.496 e. The molecule has 1 heterocycles. The highest BCUT2D eigenvalue weighted by atomic mass is 19.4. The second-order valence-electron chi connectivity index (χ2n) is 12.1. The Morgan fingerprint density at radius 1 is 1.00 bits per heavy atom. The van der Waals surface area contributed by atoms with Gasteiger partial charge in [0, 0.05) is 23.6 Å². The Hall–Kier alpha value is -3.27. The molecule has 0 unspecified atom stereocenters. The van der Waals surface area contributed by atoms with Gasteiger partial charge in [0.2, 0.25) is 0 Å². The van der Waals surface area contributed by atoms with Crippen molar-refractivity contribution < 1.29 is 37.3 Å². The highest BCUT2D eigenvalue weighted by Crippen LogP contribution is 2.50. The van der Waals surface area contributed by atoms with E-state index in [1.54, 1.807) is 17.0 Å². The Morgan fingerprint density at radius 3 is 2.05 bits per heavy atom. The number of likely N-dealkylation sites (tertiary alicyclic amines) is 1. The van der Waals surface area contributed by atoms with Gasteiger partial charge in [-0.15, -0.1) is 0 Å². The van der Waals surface area contributed by atoms with E-state index in [-0.39, 0.29) is 30.0 Å². The molecule has 1 fully saturated rings. The SMILES string of the molecule is COc1ccc(C(F)(F)F)cc1CO[C@@H]1[C@@H](C(C)(C)C)[C@H](C(=O)O)N(C(=O)N(C(C)C)C(C)C)[C@@H]1c1ccccc1. The molecule has 0 spiro atoms. The van der Waals surface area contributed by atoms with Crippen LogP contribution >= 0.6 is 0 Å². The van der Waals surface area contributed by atoms with Gasteiger partial charge >= 0.3 is 18.2 Å². The number of halogens is 3. The summed E-state index contributed by atoms with van der Waals surface area (Å²) < 4.78 is 52.4. The smallest absolute Gasteiger partial charge is 0.416 e. The van der Waals surface area contributed by atoms with E-state index in [4.69, 9.17) is 9.47 Å². The number of urea groups is 1. The van der Waals surface area contributed by atoms with Crippen LogP contribution in [0.2, 0.25) is 0 Å². The number of alkyl halides is 3. The van der Waals surface area contributed by atoms with Crippen LogP contribution in [0.5, 0.6) is 5.75 Å². The Labute approximate surface area is 240 Å². The maximum absolute atomic E-state index is 14.3. The lowest BCUT2D eigenvalue weighted by atomic mass is 9.73. The minimum absolute atomic E-state index is 0.171. The number of ether oxygens (including phenoxy) is 2. The zero-order valence-electron chi connectivity index (χ0n) is 24.9. The Bertz CT molecular complexity index is 1200. The van der Waals surface area contributed by atoms with E-state index in [9.17, 15) is 27.9 Å². The molecule has 10 heteroatoms. The summed E-state index contributed by atoms with van der Waals surface area (Å²) in [5.74, 6) is -1.66. The van der Waals surface area contributed by atoms with Gasteiger partial charge < -0.3 is 24.4 Å². The molecule has 226 valence electrons. The molecule has 4 atom stereocenters. The molecule has 0 radical (unpaired) electrons. The number of nitrogens with zero attached hydrogens (tertiary/aromatic N) is 2. The first-order valence-electron chi connectivity index (χ1n) is 13.7. The van der Waals surface area contributed by atoms with E-state index in [0.717, 1.165) is 12.1 Å². The van der Waals surface area contributed by atoms with Crippen LogP contribution in [-0.4, -0.2) is 58.2 Å². The van der Waals surface area contributed by atoms with Crippen LogP contribution in [0, 0.1) is 11.3 Å². The first kappa shape index (κ1) is 32.2. The Morgan fingerprint density at radius 2 is 1.59 bits per heavy atom. The summed E-state index contributed by atoms with van der Waals surface area (Å²) in [7, 11) is 1.36. The number of aliphatic carboxylic acids is 1. The third kappa shape index (κ3) is 6.80. The summed E-state index contributed by atoms with van der Waals surface area (Å²) in [6.45, 7) is 12.9. The van der Waals surface area contributed by atoms with Gasteiger partial charge in [-0.3, -0.25) is 0 Å². The number of carbonyl (C=O) groups excluding carboxylic acids is 1. The van der Waals surface area contributed by atoms with E-state index in [1.807, 2.05) is 66.7 Å². The molecule has 1 aliphatic heterocycles. The molecule has 41 heavy (non-hydrogen) atoms. The fraction of sp³-hybridized carbons (Fsp3) is 0.548. The van der Waals surface area contributed by atoms with Crippen LogP contribution in [-0.2, 0) is 22.3 Å². The first-order chi connectivity index (χ1) is 19.0. The molecule has 1 aliphatic rings. The van der Waals surface area contributed by atoms with Gasteiger partial charge in [0.15, 0.2) is 0 Å². The lowest BCUT2D eigenvalue weighted by molar-refractivity contribution is -0.145. The van der Waals surface area contributed by atoms with Crippen LogP contribution in [0.25, 0.3) is 0 Å². The van der Waals surface area contributed by atoms with Gasteiger partial charge in [-0.25, -0.2) is 9.59 Å². The summed E-state index contributed by atoms with van der Waals surface area (Å²) in [5, 5.41) is 10.6. The summed E-state index contributed by atoms with van der Waals surface area (Å²) in [6, 6.07) is 9.28. The molecule has 3 rings (SSSR count). The average Bonchev–Trinajstić information content (AvgIpc) is 3.23. The zero-order valence-corrected chi connectivity index (χ0v) is 24.9. The van der Waals surface area contributed by atoms with E-state index >= 15 is 0 Å². The summed E-state index contributed by atoms with van der Waals surface area (Å²) >= 11 is 0. The first-order valence-corrected chi connectivity index (χ1v) is 13.7. The number of hydrogen-bond acceptors (Lipinski definition) is 4. The summed E-state index contributed by atoms with van der Waals surface area (Å²) in [5.41, 5.74) is -0.662. The molecule has 7 nitrogen and oxygen atoms in total. The van der Waals surface area contributed by atoms with Gasteiger partial charge in [0.05, 0.1) is 31.4 Å². The third-order valence-corrected chi connectivity index (χ3v) is 7.59. The van der Waals surface area contributed by atoms with Crippen LogP contribution in [0.3, 0.4) is 0 Å². The van der Waals surface area contributed by atoms with Gasteiger partial charge in [0.1, 0.15) is 11.8 Å². The lowest BCUT2D eigenvalue weighted by Gasteiger charge is -2.39. The van der Waals surface area contributed by atoms with Crippen LogP contribution in [0.4, 0.5) is 18.0 Å². The van der Waals surface area contributed by atoms with E-state index in [0.29, 0.717) is 5.56 Å². The minimum Gasteiger partial charge on any atom is -0.496 e. The molecule has 0 saturated carbocycles. The normalized spacial score (nSPS) is 21.4. The highest BCUT2D eigenvalue weighted by Gasteiger charge is 2.59. The monoisotopic (exact) mass is 578 g/mol. The molecule has 2 amide bonds. The molecule has 2 aromatic carbocycles. The number of carboxylic acids is 1. The number of benzene rings is 2. The molecule has 2 aromatic rings. The molecule has 0 aromatic heterocycles. The predicted octanol–water partition coefficient (Wildman–Crippen LogP) is 7.01. The number of hydrogen-bond donors (Lipinski definition) is 1. The summed E-state index contributed by atoms with van der Waals surface area (Å²) in [4.78, 5) is 30.3. The van der Waals surface area contributed by atoms with Crippen molar-refractivity contribution in [2.45, 2.75) is 91.5 Å². The molecule has 1 saturated heterocycles. The van der Waals surface area contributed by atoms with Crippen molar-refractivity contribution in [2.75, 3.05) is 7.11 Å². The van der Waals surface area contributed by atoms with Gasteiger partial charge in [-0.1, -0.05) is 51.1 Å². The number of methoxy groups -OCH3 is 1.